The number of pyridine rings is 1. The van der Waals surface area contributed by atoms with Gasteiger partial charge in [-0.2, -0.15) is 0 Å². The van der Waals surface area contributed by atoms with E-state index >= 15 is 0 Å². The maximum absolute atomic E-state index is 12.4. The third kappa shape index (κ3) is 5.71. The van der Waals surface area contributed by atoms with Crippen LogP contribution in [0.2, 0.25) is 0 Å². The number of alkyl halides is 1. The van der Waals surface area contributed by atoms with Gasteiger partial charge < -0.3 is 10.6 Å². The summed E-state index contributed by atoms with van der Waals surface area (Å²) in [6.45, 7) is 0.307. The molecule has 2 N–H and O–H groups in total. The van der Waals surface area contributed by atoms with E-state index < -0.39 is 6.04 Å². The molecule has 1 aromatic carbocycles. The van der Waals surface area contributed by atoms with Crippen molar-refractivity contribution in [1.82, 2.24) is 15.6 Å². The van der Waals surface area contributed by atoms with Gasteiger partial charge >= 0.3 is 0 Å². The van der Waals surface area contributed by atoms with Crippen LogP contribution in [0.15, 0.2) is 54.7 Å². The van der Waals surface area contributed by atoms with Crippen molar-refractivity contribution >= 4 is 23.4 Å². The van der Waals surface area contributed by atoms with Gasteiger partial charge in [0, 0.05) is 12.6 Å². The Labute approximate surface area is 140 Å². The molecule has 1 heterocycles. The average molecular weight is 332 g/mol. The largest absolute Gasteiger partial charge is 0.349 e. The lowest BCUT2D eigenvalue weighted by Gasteiger charge is -2.18. The predicted molar refractivity (Wildman–Crippen MR) is 88.9 cm³/mol. The van der Waals surface area contributed by atoms with Crippen molar-refractivity contribution in [3.05, 3.63) is 66.0 Å². The normalized spacial score (nSPS) is 11.5. The number of halogens is 1. The summed E-state index contributed by atoms with van der Waals surface area (Å²) in [5.74, 6) is -0.822. The molecule has 2 amide bonds. The summed E-state index contributed by atoms with van der Waals surface area (Å²) in [6, 6.07) is 14.3. The highest BCUT2D eigenvalue weighted by atomic mass is 35.5. The number of hydrogen-bond donors (Lipinski definition) is 2. The van der Waals surface area contributed by atoms with Gasteiger partial charge in [-0.05, 0) is 17.7 Å². The van der Waals surface area contributed by atoms with Crippen molar-refractivity contribution < 1.29 is 9.59 Å². The molecular weight excluding hydrogens is 314 g/mol. The maximum atomic E-state index is 12.4. The second-order valence-corrected chi connectivity index (χ2v) is 5.25. The van der Waals surface area contributed by atoms with Crippen molar-refractivity contribution in [3.63, 3.8) is 0 Å². The van der Waals surface area contributed by atoms with E-state index in [9.17, 15) is 9.59 Å². The second-order valence-electron chi connectivity index (χ2n) is 4.98. The number of carbonyl (C=O) groups excluding carboxylic acids is 2. The van der Waals surface area contributed by atoms with Gasteiger partial charge in [0.25, 0.3) is 0 Å². The Morgan fingerprint density at radius 3 is 2.48 bits per heavy atom. The topological polar surface area (TPSA) is 71.1 Å². The van der Waals surface area contributed by atoms with E-state index in [1.54, 1.807) is 6.20 Å². The van der Waals surface area contributed by atoms with E-state index in [-0.39, 0.29) is 17.7 Å². The van der Waals surface area contributed by atoms with E-state index in [1.807, 2.05) is 48.5 Å². The van der Waals surface area contributed by atoms with E-state index in [4.69, 9.17) is 11.6 Å². The zero-order valence-electron chi connectivity index (χ0n) is 12.5. The standard InChI is InChI=1S/C17H18ClN3O2/c18-11-16(22)21-15(10-13-6-2-1-3-7-13)17(23)20-12-14-8-4-5-9-19-14/h1-9,15H,10-12H2,(H,20,23)(H,21,22)/t15-/m0/s1. The van der Waals surface area contributed by atoms with Gasteiger partial charge in [-0.1, -0.05) is 36.4 Å². The molecule has 0 aliphatic rings. The number of carbonyl (C=O) groups is 2. The molecule has 6 heteroatoms. The summed E-state index contributed by atoms with van der Waals surface area (Å²) in [6.07, 6.45) is 2.07. The highest BCUT2D eigenvalue weighted by molar-refractivity contribution is 6.27. The van der Waals surface area contributed by atoms with Crippen LogP contribution in [0.4, 0.5) is 0 Å². The molecule has 120 valence electrons. The number of hydrogen-bond acceptors (Lipinski definition) is 3. The molecule has 0 unspecified atom stereocenters. The van der Waals surface area contributed by atoms with Crippen molar-refractivity contribution in [2.24, 2.45) is 0 Å². The molecule has 1 atom stereocenters. The van der Waals surface area contributed by atoms with Crippen LogP contribution in [0.25, 0.3) is 0 Å². The number of rotatable bonds is 7. The Hall–Kier alpha value is -2.40. The molecule has 1 aromatic heterocycles. The van der Waals surface area contributed by atoms with Crippen LogP contribution >= 0.6 is 11.6 Å². The van der Waals surface area contributed by atoms with E-state index in [2.05, 4.69) is 15.6 Å². The molecule has 23 heavy (non-hydrogen) atoms. The Morgan fingerprint density at radius 1 is 1.09 bits per heavy atom. The summed E-state index contributed by atoms with van der Waals surface area (Å²) >= 11 is 5.52. The highest BCUT2D eigenvalue weighted by Crippen LogP contribution is 2.04. The molecule has 0 fully saturated rings. The molecule has 0 aliphatic heterocycles. The molecule has 2 rings (SSSR count). The van der Waals surface area contributed by atoms with E-state index in [1.165, 1.54) is 0 Å². The van der Waals surface area contributed by atoms with Crippen molar-refractivity contribution in [1.29, 1.82) is 0 Å². The molecule has 5 nitrogen and oxygen atoms in total. The third-order valence-electron chi connectivity index (χ3n) is 3.23. The fourth-order valence-electron chi connectivity index (χ4n) is 2.10. The Bertz CT molecular complexity index is 635. The van der Waals surface area contributed by atoms with Gasteiger partial charge in [-0.3, -0.25) is 14.6 Å². The first kappa shape index (κ1) is 17.0. The van der Waals surface area contributed by atoms with Crippen LogP contribution in [0.1, 0.15) is 11.3 Å². The lowest BCUT2D eigenvalue weighted by Crippen LogP contribution is -2.48. The number of amides is 2. The molecule has 0 bridgehead atoms. The fraction of sp³-hybridized carbons (Fsp3) is 0.235. The van der Waals surface area contributed by atoms with Crippen LogP contribution in [0, 0.1) is 0 Å². The molecule has 0 aliphatic carbocycles. The fourth-order valence-corrected chi connectivity index (χ4v) is 2.17. The van der Waals surface area contributed by atoms with Crippen LogP contribution < -0.4 is 10.6 Å². The lowest BCUT2D eigenvalue weighted by atomic mass is 10.1. The van der Waals surface area contributed by atoms with E-state index in [0.717, 1.165) is 11.3 Å². The molecule has 0 saturated carbocycles. The summed E-state index contributed by atoms with van der Waals surface area (Å²) in [5, 5.41) is 5.44. The Balaban J connectivity index is 2.00. The number of benzene rings is 1. The third-order valence-corrected chi connectivity index (χ3v) is 3.47. The van der Waals surface area contributed by atoms with Crippen LogP contribution in [-0.2, 0) is 22.6 Å². The van der Waals surface area contributed by atoms with E-state index in [0.29, 0.717) is 13.0 Å². The zero-order valence-corrected chi connectivity index (χ0v) is 13.3. The summed E-state index contributed by atoms with van der Waals surface area (Å²) in [4.78, 5) is 28.1. The molecule has 0 saturated heterocycles. The first-order chi connectivity index (χ1) is 11.2. The minimum absolute atomic E-state index is 0.182. The van der Waals surface area contributed by atoms with Gasteiger partial charge in [0.2, 0.25) is 11.8 Å². The van der Waals surface area contributed by atoms with Gasteiger partial charge in [-0.15, -0.1) is 11.6 Å². The molecular formula is C17H18ClN3O2. The summed E-state index contributed by atoms with van der Waals surface area (Å²) in [7, 11) is 0. The van der Waals surface area contributed by atoms with Gasteiger partial charge in [0.15, 0.2) is 0 Å². The average Bonchev–Trinajstić information content (AvgIpc) is 2.60. The van der Waals surface area contributed by atoms with Gasteiger partial charge in [0.1, 0.15) is 11.9 Å². The Kier molecular flexibility index (Phi) is 6.56. The minimum atomic E-state index is -0.674. The lowest BCUT2D eigenvalue weighted by molar-refractivity contribution is -0.128. The first-order valence-electron chi connectivity index (χ1n) is 7.26. The summed E-state index contributed by atoms with van der Waals surface area (Å²) in [5.41, 5.74) is 1.71. The number of nitrogens with one attached hydrogen (secondary N) is 2. The minimum Gasteiger partial charge on any atom is -0.349 e. The van der Waals surface area contributed by atoms with Crippen LogP contribution in [0.3, 0.4) is 0 Å². The van der Waals surface area contributed by atoms with Gasteiger partial charge in [-0.25, -0.2) is 0 Å². The monoisotopic (exact) mass is 331 g/mol. The molecule has 0 radical (unpaired) electrons. The van der Waals surface area contributed by atoms with Crippen molar-refractivity contribution in [3.8, 4) is 0 Å². The van der Waals surface area contributed by atoms with Crippen LogP contribution in [-0.4, -0.2) is 28.7 Å². The maximum Gasteiger partial charge on any atom is 0.243 e. The molecule has 2 aromatic rings. The summed E-state index contributed by atoms with van der Waals surface area (Å²) < 4.78 is 0. The number of aromatic nitrogens is 1. The SMILES string of the molecule is O=C(CCl)N[C@@H](Cc1ccccc1)C(=O)NCc1ccccn1. The smallest absolute Gasteiger partial charge is 0.243 e. The van der Waals surface area contributed by atoms with Crippen molar-refractivity contribution in [2.75, 3.05) is 5.88 Å². The van der Waals surface area contributed by atoms with Crippen molar-refractivity contribution in [2.45, 2.75) is 19.0 Å². The number of nitrogens with zero attached hydrogens (tertiary/aromatic N) is 1. The quantitative estimate of drug-likeness (QED) is 0.758. The van der Waals surface area contributed by atoms with Gasteiger partial charge in [0.05, 0.1) is 12.2 Å². The molecule has 0 spiro atoms. The Morgan fingerprint density at radius 2 is 1.83 bits per heavy atom. The second kappa shape index (κ2) is 8.90. The first-order valence-corrected chi connectivity index (χ1v) is 7.79. The highest BCUT2D eigenvalue weighted by Gasteiger charge is 2.20. The zero-order chi connectivity index (χ0) is 16.5. The predicted octanol–water partition coefficient (Wildman–Crippen LogP) is 1.66. The van der Waals surface area contributed by atoms with Crippen LogP contribution in [0.5, 0.6) is 0 Å².